The average molecular weight is 483 g/mol. The van der Waals surface area contributed by atoms with Crippen molar-refractivity contribution in [1.82, 2.24) is 4.72 Å². The van der Waals surface area contributed by atoms with Gasteiger partial charge in [-0.2, -0.15) is 4.72 Å². The van der Waals surface area contributed by atoms with E-state index in [4.69, 9.17) is 9.47 Å². The molecule has 0 radical (unpaired) electrons. The van der Waals surface area contributed by atoms with E-state index in [0.29, 0.717) is 11.4 Å². The lowest BCUT2D eigenvalue weighted by atomic mass is 10.0. The molecule has 1 amide bonds. The van der Waals surface area contributed by atoms with Gasteiger partial charge in [0.2, 0.25) is 15.9 Å². The molecular formula is C26H30N2O5S. The molecule has 1 atom stereocenters. The Labute approximate surface area is 201 Å². The molecule has 0 aliphatic rings. The van der Waals surface area contributed by atoms with Gasteiger partial charge in [0.15, 0.2) is 0 Å². The van der Waals surface area contributed by atoms with E-state index in [2.05, 4.69) is 10.0 Å². The van der Waals surface area contributed by atoms with Crippen LogP contribution in [0.1, 0.15) is 30.9 Å². The van der Waals surface area contributed by atoms with Gasteiger partial charge < -0.3 is 14.8 Å². The van der Waals surface area contributed by atoms with Gasteiger partial charge in [0.1, 0.15) is 22.4 Å². The van der Waals surface area contributed by atoms with Crippen LogP contribution >= 0.6 is 0 Å². The first-order chi connectivity index (χ1) is 16.2. The number of ether oxygens (including phenoxy) is 2. The molecule has 0 heterocycles. The van der Waals surface area contributed by atoms with Gasteiger partial charge in [-0.1, -0.05) is 50.2 Å². The minimum Gasteiger partial charge on any atom is -0.497 e. The molecule has 0 aliphatic heterocycles. The molecule has 0 aliphatic carbocycles. The molecular weight excluding hydrogens is 452 g/mol. The summed E-state index contributed by atoms with van der Waals surface area (Å²) in [5.41, 5.74) is 2.20. The van der Waals surface area contributed by atoms with Crippen LogP contribution in [-0.4, -0.2) is 34.6 Å². The van der Waals surface area contributed by atoms with Crippen molar-refractivity contribution in [2.75, 3.05) is 19.5 Å². The molecule has 0 spiro atoms. The predicted molar refractivity (Wildman–Crippen MR) is 133 cm³/mol. The van der Waals surface area contributed by atoms with Crippen LogP contribution in [0.3, 0.4) is 0 Å². The van der Waals surface area contributed by atoms with E-state index in [9.17, 15) is 13.2 Å². The lowest BCUT2D eigenvalue weighted by Gasteiger charge is -2.20. The Morgan fingerprint density at radius 2 is 1.59 bits per heavy atom. The zero-order chi connectivity index (χ0) is 24.7. The lowest BCUT2D eigenvalue weighted by Crippen LogP contribution is -2.45. The number of hydrogen-bond donors (Lipinski definition) is 2. The molecule has 34 heavy (non-hydrogen) atoms. The van der Waals surface area contributed by atoms with E-state index in [-0.39, 0.29) is 23.0 Å². The Morgan fingerprint density at radius 3 is 2.18 bits per heavy atom. The summed E-state index contributed by atoms with van der Waals surface area (Å²) < 4.78 is 39.9. The fraction of sp³-hybridized carbons (Fsp3) is 0.269. The van der Waals surface area contributed by atoms with Gasteiger partial charge in [0.05, 0.1) is 14.2 Å². The maximum absolute atomic E-state index is 13.4. The summed E-state index contributed by atoms with van der Waals surface area (Å²) in [6, 6.07) is 20.1. The third-order valence-corrected chi connectivity index (χ3v) is 6.89. The number of methoxy groups -OCH3 is 2. The minimum absolute atomic E-state index is 0.00323. The largest absolute Gasteiger partial charge is 0.497 e. The van der Waals surface area contributed by atoms with E-state index in [0.717, 1.165) is 11.1 Å². The summed E-state index contributed by atoms with van der Waals surface area (Å²) in [7, 11) is -1.11. The molecule has 0 saturated carbocycles. The summed E-state index contributed by atoms with van der Waals surface area (Å²) in [5.74, 6) is 0.512. The second-order valence-electron chi connectivity index (χ2n) is 8.15. The topological polar surface area (TPSA) is 93.7 Å². The van der Waals surface area contributed by atoms with Crippen LogP contribution in [0, 0.1) is 0 Å². The average Bonchev–Trinajstić information content (AvgIpc) is 2.84. The molecule has 1 unspecified atom stereocenters. The molecule has 3 rings (SSSR count). The van der Waals surface area contributed by atoms with Crippen LogP contribution in [0.2, 0.25) is 0 Å². The van der Waals surface area contributed by atoms with Crippen molar-refractivity contribution < 1.29 is 22.7 Å². The molecule has 0 bridgehead atoms. The van der Waals surface area contributed by atoms with Gasteiger partial charge in [-0.25, -0.2) is 8.42 Å². The number of benzene rings is 3. The number of carbonyl (C=O) groups excluding carboxylic acids is 1. The van der Waals surface area contributed by atoms with Gasteiger partial charge in [-0.15, -0.1) is 0 Å². The normalized spacial score (nSPS) is 12.3. The minimum atomic E-state index is -4.08. The maximum atomic E-state index is 13.4. The molecule has 2 N–H and O–H groups in total. The van der Waals surface area contributed by atoms with Gasteiger partial charge in [-0.3, -0.25) is 4.79 Å². The number of amides is 1. The van der Waals surface area contributed by atoms with Crippen molar-refractivity contribution in [3.8, 4) is 11.5 Å². The van der Waals surface area contributed by atoms with Crippen molar-refractivity contribution in [2.24, 2.45) is 0 Å². The maximum Gasteiger partial charge on any atom is 0.245 e. The zero-order valence-electron chi connectivity index (χ0n) is 19.7. The van der Waals surface area contributed by atoms with Crippen molar-refractivity contribution in [3.63, 3.8) is 0 Å². The third-order valence-electron chi connectivity index (χ3n) is 5.40. The van der Waals surface area contributed by atoms with E-state index in [1.165, 1.54) is 7.11 Å². The monoisotopic (exact) mass is 482 g/mol. The highest BCUT2D eigenvalue weighted by Gasteiger charge is 2.29. The third kappa shape index (κ3) is 6.36. The molecule has 8 heteroatoms. The zero-order valence-corrected chi connectivity index (χ0v) is 20.6. The molecule has 3 aromatic rings. The summed E-state index contributed by atoms with van der Waals surface area (Å²) >= 11 is 0. The second kappa shape index (κ2) is 11.2. The highest BCUT2D eigenvalue weighted by molar-refractivity contribution is 7.89. The van der Waals surface area contributed by atoms with E-state index < -0.39 is 22.0 Å². The van der Waals surface area contributed by atoms with E-state index >= 15 is 0 Å². The molecule has 180 valence electrons. The van der Waals surface area contributed by atoms with Crippen LogP contribution in [0.25, 0.3) is 0 Å². The Kier molecular flexibility index (Phi) is 8.31. The van der Waals surface area contributed by atoms with Crippen LogP contribution in [-0.2, 0) is 21.2 Å². The summed E-state index contributed by atoms with van der Waals surface area (Å²) in [6.07, 6.45) is 0.175. The number of sulfonamides is 1. The SMILES string of the molecule is COc1ccc(NC(=O)C(Cc2ccccc2)NS(=O)(=O)c2cc(C(C)C)ccc2OC)cc1. The Morgan fingerprint density at radius 1 is 0.912 bits per heavy atom. The Balaban J connectivity index is 1.92. The van der Waals surface area contributed by atoms with Crippen molar-refractivity contribution in [2.45, 2.75) is 37.1 Å². The highest BCUT2D eigenvalue weighted by Crippen LogP contribution is 2.28. The first kappa shape index (κ1) is 25.3. The number of rotatable bonds is 10. The van der Waals surface area contributed by atoms with Gasteiger partial charge in [0, 0.05) is 5.69 Å². The number of nitrogens with one attached hydrogen (secondary N) is 2. The first-order valence-electron chi connectivity index (χ1n) is 10.9. The van der Waals surface area contributed by atoms with Crippen molar-refractivity contribution in [3.05, 3.63) is 83.9 Å². The quantitative estimate of drug-likeness (QED) is 0.448. The molecule has 3 aromatic carbocycles. The van der Waals surface area contributed by atoms with Crippen molar-refractivity contribution in [1.29, 1.82) is 0 Å². The Hall–Kier alpha value is -3.36. The second-order valence-corrected chi connectivity index (χ2v) is 9.83. The highest BCUT2D eigenvalue weighted by atomic mass is 32.2. The first-order valence-corrected chi connectivity index (χ1v) is 12.4. The van der Waals surface area contributed by atoms with Gasteiger partial charge in [-0.05, 0) is 59.9 Å². The fourth-order valence-electron chi connectivity index (χ4n) is 3.45. The van der Waals surface area contributed by atoms with Crippen LogP contribution < -0.4 is 19.5 Å². The summed E-state index contributed by atoms with van der Waals surface area (Å²) in [6.45, 7) is 3.96. The Bertz CT molecular complexity index is 1210. The van der Waals surface area contributed by atoms with Crippen molar-refractivity contribution >= 4 is 21.6 Å². The van der Waals surface area contributed by atoms with Crippen LogP contribution in [0.15, 0.2) is 77.7 Å². The van der Waals surface area contributed by atoms with Crippen LogP contribution in [0.5, 0.6) is 11.5 Å². The molecule has 0 saturated heterocycles. The summed E-state index contributed by atoms with van der Waals surface area (Å²) in [5, 5.41) is 2.79. The number of anilines is 1. The van der Waals surface area contributed by atoms with Gasteiger partial charge >= 0.3 is 0 Å². The molecule has 7 nitrogen and oxygen atoms in total. The standard InChI is InChI=1S/C26H30N2O5S/c1-18(2)20-10-15-24(33-4)25(17-20)34(30,31)28-23(16-19-8-6-5-7-9-19)26(29)27-21-11-13-22(32-3)14-12-21/h5-15,17-18,23,28H,16H2,1-4H3,(H,27,29). The fourth-order valence-corrected chi connectivity index (χ4v) is 4.85. The van der Waals surface area contributed by atoms with E-state index in [1.807, 2.05) is 50.2 Å². The lowest BCUT2D eigenvalue weighted by molar-refractivity contribution is -0.117. The van der Waals surface area contributed by atoms with E-state index in [1.54, 1.807) is 43.5 Å². The van der Waals surface area contributed by atoms with Crippen LogP contribution in [0.4, 0.5) is 5.69 Å². The predicted octanol–water partition coefficient (Wildman–Crippen LogP) is 4.36. The molecule has 0 aromatic heterocycles. The number of hydrogen-bond acceptors (Lipinski definition) is 5. The van der Waals surface area contributed by atoms with Gasteiger partial charge in [0.25, 0.3) is 0 Å². The molecule has 0 fully saturated rings. The number of carbonyl (C=O) groups is 1. The smallest absolute Gasteiger partial charge is 0.245 e. The summed E-state index contributed by atoms with van der Waals surface area (Å²) in [4.78, 5) is 13.2.